The summed E-state index contributed by atoms with van der Waals surface area (Å²) >= 11 is 0. The molecule has 0 aliphatic carbocycles. The second kappa shape index (κ2) is 12.9. The maximum atomic E-state index is 9.98. The van der Waals surface area contributed by atoms with Crippen molar-refractivity contribution >= 4 is 0 Å². The van der Waals surface area contributed by atoms with Crippen molar-refractivity contribution in [1.29, 1.82) is 0 Å². The summed E-state index contributed by atoms with van der Waals surface area (Å²) in [7, 11) is 0. The van der Waals surface area contributed by atoms with Crippen LogP contribution in [0.5, 0.6) is 0 Å². The molecule has 3 N–H and O–H groups in total. The molecule has 0 radical (unpaired) electrons. The van der Waals surface area contributed by atoms with Crippen LogP contribution in [0.25, 0.3) is 0 Å². The van der Waals surface area contributed by atoms with Gasteiger partial charge in [-0.25, -0.2) is 0 Å². The number of ether oxygens (including phenoxy) is 2. The van der Waals surface area contributed by atoms with Crippen LogP contribution < -0.4 is 0 Å². The highest BCUT2D eigenvalue weighted by Gasteiger charge is 2.40. The lowest BCUT2D eigenvalue weighted by Gasteiger charge is -2.20. The van der Waals surface area contributed by atoms with Gasteiger partial charge in [0.15, 0.2) is 0 Å². The van der Waals surface area contributed by atoms with Crippen molar-refractivity contribution in [2.45, 2.75) is 82.7 Å². The van der Waals surface area contributed by atoms with E-state index in [-0.39, 0.29) is 6.61 Å². The second-order valence-corrected chi connectivity index (χ2v) is 6.26. The Balaban J connectivity index is 1.99. The average molecular weight is 330 g/mol. The highest BCUT2D eigenvalue weighted by Crippen LogP contribution is 2.20. The van der Waals surface area contributed by atoms with E-state index in [0.717, 1.165) is 19.3 Å². The number of unbranched alkanes of at least 4 members (excludes halogenated alkanes) is 6. The smallest absolute Gasteiger partial charge is 0.114 e. The van der Waals surface area contributed by atoms with Gasteiger partial charge in [-0.05, 0) is 25.7 Å². The molecule has 1 rings (SSSR count). The zero-order chi connectivity index (χ0) is 16.9. The van der Waals surface area contributed by atoms with Gasteiger partial charge in [0.05, 0.1) is 13.2 Å². The van der Waals surface area contributed by atoms with Crippen molar-refractivity contribution in [2.75, 3.05) is 19.8 Å². The Labute approximate surface area is 140 Å². The van der Waals surface area contributed by atoms with Crippen LogP contribution in [-0.4, -0.2) is 59.6 Å². The van der Waals surface area contributed by atoms with Crippen molar-refractivity contribution in [3.63, 3.8) is 0 Å². The first-order valence-electron chi connectivity index (χ1n) is 9.05. The number of aliphatic hydroxyl groups is 3. The number of hydrogen-bond acceptors (Lipinski definition) is 5. The minimum Gasteiger partial charge on any atom is -0.394 e. The van der Waals surface area contributed by atoms with Crippen LogP contribution in [0.1, 0.15) is 58.3 Å². The van der Waals surface area contributed by atoms with E-state index in [0.29, 0.717) is 6.61 Å². The van der Waals surface area contributed by atoms with E-state index < -0.39 is 31.0 Å². The number of rotatable bonds is 13. The largest absolute Gasteiger partial charge is 0.394 e. The van der Waals surface area contributed by atoms with Crippen LogP contribution in [0.15, 0.2) is 12.2 Å². The van der Waals surface area contributed by atoms with Gasteiger partial charge in [-0.2, -0.15) is 0 Å². The molecule has 4 atom stereocenters. The predicted octanol–water partition coefficient (Wildman–Crippen LogP) is 2.18. The van der Waals surface area contributed by atoms with Crippen LogP contribution in [0.3, 0.4) is 0 Å². The van der Waals surface area contributed by atoms with Gasteiger partial charge in [-0.1, -0.05) is 44.8 Å². The molecule has 0 bridgehead atoms. The zero-order valence-corrected chi connectivity index (χ0v) is 14.4. The molecule has 1 heterocycles. The number of aliphatic hydroxyl groups excluding tert-OH is 3. The van der Waals surface area contributed by atoms with Crippen LogP contribution >= 0.6 is 0 Å². The Morgan fingerprint density at radius 3 is 2.52 bits per heavy atom. The number of hydrogen-bond donors (Lipinski definition) is 3. The quantitative estimate of drug-likeness (QED) is 0.356. The fourth-order valence-corrected chi connectivity index (χ4v) is 2.74. The van der Waals surface area contributed by atoms with Crippen LogP contribution in [0.2, 0.25) is 0 Å². The average Bonchev–Trinajstić information content (AvgIpc) is 2.93. The molecule has 0 aromatic heterocycles. The fraction of sp³-hybridized carbons (Fsp3) is 0.889. The molecule has 1 saturated heterocycles. The molecule has 0 aromatic rings. The highest BCUT2D eigenvalue weighted by atomic mass is 16.6. The number of allylic oxidation sites excluding steroid dienone is 2. The van der Waals surface area contributed by atoms with Crippen LogP contribution in [0.4, 0.5) is 0 Å². The molecular weight excluding hydrogens is 296 g/mol. The Morgan fingerprint density at radius 1 is 1.13 bits per heavy atom. The standard InChI is InChI=1S/C18H34O5/c1-2-3-4-5-6-7-8-9-10-11-12-22-16-14-23-18(17(16)21)15(20)13-19/h8-9,15-21H,2-7,10-14H2,1H3/b9-8+/t15-,16+,17-,18-/m0/s1. The molecule has 0 amide bonds. The molecule has 0 saturated carbocycles. The summed E-state index contributed by atoms with van der Waals surface area (Å²) in [5, 5.41) is 28.4. The van der Waals surface area contributed by atoms with E-state index >= 15 is 0 Å². The van der Waals surface area contributed by atoms with Crippen molar-refractivity contribution < 1.29 is 24.8 Å². The fourth-order valence-electron chi connectivity index (χ4n) is 2.74. The van der Waals surface area contributed by atoms with Crippen LogP contribution in [0, 0.1) is 0 Å². The first kappa shape index (κ1) is 20.6. The molecule has 1 fully saturated rings. The molecule has 0 aromatic carbocycles. The molecule has 5 heteroatoms. The lowest BCUT2D eigenvalue weighted by molar-refractivity contribution is -0.0729. The Hall–Kier alpha value is -0.460. The first-order valence-corrected chi connectivity index (χ1v) is 9.05. The van der Waals surface area contributed by atoms with Crippen molar-refractivity contribution in [3.8, 4) is 0 Å². The Morgan fingerprint density at radius 2 is 1.83 bits per heavy atom. The topological polar surface area (TPSA) is 79.2 Å². The van der Waals surface area contributed by atoms with Gasteiger partial charge >= 0.3 is 0 Å². The third-order valence-electron chi connectivity index (χ3n) is 4.22. The van der Waals surface area contributed by atoms with E-state index in [1.165, 1.54) is 32.1 Å². The summed E-state index contributed by atoms with van der Waals surface area (Å²) in [6, 6.07) is 0. The molecule has 136 valence electrons. The normalized spacial score (nSPS) is 26.2. The van der Waals surface area contributed by atoms with Gasteiger partial charge in [0.25, 0.3) is 0 Å². The Bertz CT molecular complexity index is 308. The van der Waals surface area contributed by atoms with E-state index in [9.17, 15) is 10.2 Å². The third-order valence-corrected chi connectivity index (χ3v) is 4.22. The maximum absolute atomic E-state index is 9.98. The van der Waals surface area contributed by atoms with E-state index in [1.807, 2.05) is 0 Å². The molecular formula is C18H34O5. The van der Waals surface area contributed by atoms with E-state index in [1.54, 1.807) is 0 Å². The van der Waals surface area contributed by atoms with Gasteiger partial charge in [-0.15, -0.1) is 0 Å². The highest BCUT2D eigenvalue weighted by molar-refractivity contribution is 4.89. The predicted molar refractivity (Wildman–Crippen MR) is 90.3 cm³/mol. The lowest BCUT2D eigenvalue weighted by atomic mass is 10.1. The monoisotopic (exact) mass is 330 g/mol. The third kappa shape index (κ3) is 8.27. The molecule has 23 heavy (non-hydrogen) atoms. The summed E-state index contributed by atoms with van der Waals surface area (Å²) in [6.45, 7) is 2.63. The maximum Gasteiger partial charge on any atom is 0.114 e. The van der Waals surface area contributed by atoms with Gasteiger partial charge in [0, 0.05) is 6.61 Å². The lowest BCUT2D eigenvalue weighted by Crippen LogP contribution is -2.41. The van der Waals surface area contributed by atoms with E-state index in [4.69, 9.17) is 14.6 Å². The summed E-state index contributed by atoms with van der Waals surface area (Å²) in [6.07, 6.45) is 10.9. The summed E-state index contributed by atoms with van der Waals surface area (Å²) < 4.78 is 10.9. The molecule has 0 unspecified atom stereocenters. The summed E-state index contributed by atoms with van der Waals surface area (Å²) in [5.41, 5.74) is 0. The van der Waals surface area contributed by atoms with Crippen molar-refractivity contribution in [1.82, 2.24) is 0 Å². The minimum atomic E-state index is -1.06. The van der Waals surface area contributed by atoms with Gasteiger partial charge < -0.3 is 24.8 Å². The molecule has 1 aliphatic rings. The second-order valence-electron chi connectivity index (χ2n) is 6.26. The minimum absolute atomic E-state index is 0.260. The summed E-state index contributed by atoms with van der Waals surface area (Å²) in [4.78, 5) is 0. The zero-order valence-electron chi connectivity index (χ0n) is 14.4. The van der Waals surface area contributed by atoms with Crippen molar-refractivity contribution in [3.05, 3.63) is 12.2 Å². The first-order chi connectivity index (χ1) is 11.2. The van der Waals surface area contributed by atoms with Gasteiger partial charge in [0.1, 0.15) is 24.4 Å². The molecule has 5 nitrogen and oxygen atoms in total. The Kier molecular flexibility index (Phi) is 11.5. The van der Waals surface area contributed by atoms with Gasteiger partial charge in [-0.3, -0.25) is 0 Å². The summed E-state index contributed by atoms with van der Waals surface area (Å²) in [5.74, 6) is 0. The van der Waals surface area contributed by atoms with E-state index in [2.05, 4.69) is 19.1 Å². The SMILES string of the molecule is CCCCCCC/C=C/CCCO[C@@H]1CO[C@@H]([C@@H](O)CO)[C@H]1O. The van der Waals surface area contributed by atoms with Crippen molar-refractivity contribution in [2.24, 2.45) is 0 Å². The van der Waals surface area contributed by atoms with Gasteiger partial charge in [0.2, 0.25) is 0 Å². The molecule has 0 spiro atoms. The van der Waals surface area contributed by atoms with Crippen LogP contribution in [-0.2, 0) is 9.47 Å². The molecule has 1 aliphatic heterocycles.